The van der Waals surface area contributed by atoms with Gasteiger partial charge in [0, 0.05) is 23.9 Å². The molecule has 2 aliphatic heterocycles. The van der Waals surface area contributed by atoms with Crippen LogP contribution in [0.1, 0.15) is 35.7 Å². The molecule has 2 aromatic rings. The number of amides is 2. The minimum atomic E-state index is -0.626. The maximum atomic E-state index is 13.3. The number of imide groups is 1. The van der Waals surface area contributed by atoms with Gasteiger partial charge in [-0.25, -0.2) is 9.88 Å². The standard InChI is InChI=1S/C24H28N4O3/c1-17(2)15-27-11-12-31-18(16-27)13-25-14-21-19-7-3-4-8-20(19)23(29)28(24(21)30)22-9-5-6-10-26-22/h3-10,14,17-18,21H,11-13,15-16H2,1-2H3/p+1/t18-,21?/m0/s1. The largest absolute Gasteiger partial charge is 0.365 e. The van der Waals surface area contributed by atoms with Crippen molar-refractivity contribution < 1.29 is 19.2 Å². The van der Waals surface area contributed by atoms with Crippen LogP contribution in [0.15, 0.2) is 53.7 Å². The van der Waals surface area contributed by atoms with Gasteiger partial charge in [-0.15, -0.1) is 0 Å². The number of carbonyl (C=O) groups is 2. The van der Waals surface area contributed by atoms with Crippen LogP contribution in [-0.2, 0) is 9.53 Å². The number of hydrogen-bond donors (Lipinski definition) is 1. The van der Waals surface area contributed by atoms with Crippen molar-refractivity contribution in [2.75, 3.05) is 37.7 Å². The van der Waals surface area contributed by atoms with Crippen LogP contribution in [0.4, 0.5) is 5.82 Å². The lowest BCUT2D eigenvalue weighted by atomic mass is 9.89. The van der Waals surface area contributed by atoms with Gasteiger partial charge < -0.3 is 9.64 Å². The highest BCUT2D eigenvalue weighted by molar-refractivity contribution is 6.28. The monoisotopic (exact) mass is 421 g/mol. The second-order valence-electron chi connectivity index (χ2n) is 8.54. The molecule has 2 aliphatic rings. The number of carbonyl (C=O) groups excluding carboxylic acids is 2. The van der Waals surface area contributed by atoms with E-state index in [2.05, 4.69) is 23.8 Å². The SMILES string of the molecule is CC(C)C[NH+]1CCO[C@@H](CN=CC2C(=O)N(c3ccccn3)C(=O)c3ccccc32)C1. The third-order valence-electron chi connectivity index (χ3n) is 5.68. The van der Waals surface area contributed by atoms with E-state index < -0.39 is 5.92 Å². The van der Waals surface area contributed by atoms with Gasteiger partial charge in [0.15, 0.2) is 0 Å². The van der Waals surface area contributed by atoms with Crippen LogP contribution in [0.2, 0.25) is 0 Å². The van der Waals surface area contributed by atoms with Crippen molar-refractivity contribution in [3.05, 3.63) is 59.8 Å². The maximum Gasteiger partial charge on any atom is 0.266 e. The van der Waals surface area contributed by atoms with Crippen LogP contribution < -0.4 is 9.80 Å². The maximum absolute atomic E-state index is 13.3. The molecule has 1 aromatic heterocycles. The molecular formula is C24H29N4O3+. The summed E-state index contributed by atoms with van der Waals surface area (Å²) in [4.78, 5) is 37.8. The fourth-order valence-corrected chi connectivity index (χ4v) is 4.32. The first-order valence-electron chi connectivity index (χ1n) is 10.9. The second-order valence-corrected chi connectivity index (χ2v) is 8.54. The first-order chi connectivity index (χ1) is 15.0. The summed E-state index contributed by atoms with van der Waals surface area (Å²) < 4.78 is 5.89. The highest BCUT2D eigenvalue weighted by atomic mass is 16.5. The highest BCUT2D eigenvalue weighted by Gasteiger charge is 2.39. The van der Waals surface area contributed by atoms with Crippen LogP contribution in [0.3, 0.4) is 0 Å². The minimum absolute atomic E-state index is 0.0428. The van der Waals surface area contributed by atoms with Gasteiger partial charge in [-0.2, -0.15) is 0 Å². The molecule has 0 radical (unpaired) electrons. The Morgan fingerprint density at radius 3 is 2.81 bits per heavy atom. The molecule has 3 atom stereocenters. The van der Waals surface area contributed by atoms with Gasteiger partial charge in [0.25, 0.3) is 5.91 Å². The van der Waals surface area contributed by atoms with Crippen molar-refractivity contribution in [2.45, 2.75) is 25.9 Å². The predicted octanol–water partition coefficient (Wildman–Crippen LogP) is 1.36. The van der Waals surface area contributed by atoms with E-state index >= 15 is 0 Å². The van der Waals surface area contributed by atoms with Crippen LogP contribution in [0.5, 0.6) is 0 Å². The summed E-state index contributed by atoms with van der Waals surface area (Å²) in [6.45, 7) is 8.77. The molecule has 1 N–H and O–H groups in total. The van der Waals surface area contributed by atoms with E-state index in [1.807, 2.05) is 12.1 Å². The summed E-state index contributed by atoms with van der Waals surface area (Å²) in [7, 11) is 0. The first-order valence-corrected chi connectivity index (χ1v) is 10.9. The van der Waals surface area contributed by atoms with Crippen LogP contribution in [-0.4, -0.2) is 61.9 Å². The Balaban J connectivity index is 1.53. The molecule has 0 spiro atoms. The number of pyridine rings is 1. The van der Waals surface area contributed by atoms with Gasteiger partial charge in [-0.05, 0) is 23.8 Å². The zero-order chi connectivity index (χ0) is 21.8. The van der Waals surface area contributed by atoms with E-state index in [1.165, 1.54) is 4.90 Å². The molecule has 0 aliphatic carbocycles. The predicted molar refractivity (Wildman–Crippen MR) is 119 cm³/mol. The van der Waals surface area contributed by atoms with Gasteiger partial charge >= 0.3 is 0 Å². The Kier molecular flexibility index (Phi) is 6.53. The molecule has 7 nitrogen and oxygen atoms in total. The number of aliphatic imine (C=N–C) groups is 1. The summed E-state index contributed by atoms with van der Waals surface area (Å²) in [6, 6.07) is 12.4. The molecule has 0 saturated carbocycles. The number of ether oxygens (including phenoxy) is 1. The normalized spacial score (nSPS) is 24.1. The molecule has 7 heteroatoms. The number of anilines is 1. The second kappa shape index (κ2) is 9.49. The van der Waals surface area contributed by atoms with E-state index in [0.29, 0.717) is 29.4 Å². The fraction of sp³-hybridized carbons (Fsp3) is 0.417. The number of rotatable bonds is 6. The van der Waals surface area contributed by atoms with Crippen LogP contribution in [0.25, 0.3) is 0 Å². The Hall–Kier alpha value is -2.90. The summed E-state index contributed by atoms with van der Waals surface area (Å²) in [5.74, 6) is -0.341. The molecule has 1 fully saturated rings. The van der Waals surface area contributed by atoms with Crippen molar-refractivity contribution in [1.82, 2.24) is 4.98 Å². The average molecular weight is 422 g/mol. The Morgan fingerprint density at radius 1 is 1.23 bits per heavy atom. The molecule has 2 amide bonds. The lowest BCUT2D eigenvalue weighted by Crippen LogP contribution is -3.15. The van der Waals surface area contributed by atoms with Gasteiger partial charge in [-0.1, -0.05) is 38.1 Å². The molecule has 3 heterocycles. The molecule has 162 valence electrons. The third-order valence-corrected chi connectivity index (χ3v) is 5.68. The lowest BCUT2D eigenvalue weighted by Gasteiger charge is -2.31. The van der Waals surface area contributed by atoms with Gasteiger partial charge in [0.2, 0.25) is 5.91 Å². The quantitative estimate of drug-likeness (QED) is 0.565. The molecule has 31 heavy (non-hydrogen) atoms. The molecule has 1 saturated heterocycles. The zero-order valence-corrected chi connectivity index (χ0v) is 18.0. The Bertz CT molecular complexity index is 960. The summed E-state index contributed by atoms with van der Waals surface area (Å²) in [5, 5.41) is 0. The number of fused-ring (bicyclic) bond motifs is 1. The smallest absolute Gasteiger partial charge is 0.266 e. The van der Waals surface area contributed by atoms with Crippen molar-refractivity contribution in [1.29, 1.82) is 0 Å². The van der Waals surface area contributed by atoms with Crippen LogP contribution in [0, 0.1) is 5.92 Å². The third kappa shape index (κ3) is 4.73. The zero-order valence-electron chi connectivity index (χ0n) is 18.0. The molecule has 0 bridgehead atoms. The number of quaternary nitrogens is 1. The van der Waals surface area contributed by atoms with Gasteiger partial charge in [-0.3, -0.25) is 14.6 Å². The average Bonchev–Trinajstić information content (AvgIpc) is 2.77. The van der Waals surface area contributed by atoms with Gasteiger partial charge in [0.1, 0.15) is 25.0 Å². The number of morpholine rings is 1. The van der Waals surface area contributed by atoms with Crippen molar-refractivity contribution in [3.8, 4) is 0 Å². The number of aromatic nitrogens is 1. The number of nitrogens with zero attached hydrogens (tertiary/aromatic N) is 3. The van der Waals surface area contributed by atoms with E-state index in [4.69, 9.17) is 4.74 Å². The van der Waals surface area contributed by atoms with E-state index in [-0.39, 0.29) is 17.9 Å². The highest BCUT2D eigenvalue weighted by Crippen LogP contribution is 2.30. The number of hydrogen-bond acceptors (Lipinski definition) is 5. The summed E-state index contributed by atoms with van der Waals surface area (Å²) >= 11 is 0. The van der Waals surface area contributed by atoms with E-state index in [1.54, 1.807) is 42.7 Å². The minimum Gasteiger partial charge on any atom is -0.365 e. The number of benzene rings is 1. The van der Waals surface area contributed by atoms with Crippen molar-refractivity contribution >= 4 is 23.8 Å². The van der Waals surface area contributed by atoms with Gasteiger partial charge in [0.05, 0.1) is 25.6 Å². The van der Waals surface area contributed by atoms with E-state index in [0.717, 1.165) is 31.1 Å². The topological polar surface area (TPSA) is 76.3 Å². The van der Waals surface area contributed by atoms with E-state index in [9.17, 15) is 9.59 Å². The van der Waals surface area contributed by atoms with Crippen molar-refractivity contribution in [3.63, 3.8) is 0 Å². The lowest BCUT2D eigenvalue weighted by molar-refractivity contribution is -0.914. The first kappa shape index (κ1) is 21.3. The van der Waals surface area contributed by atoms with Crippen LogP contribution >= 0.6 is 0 Å². The molecule has 2 unspecified atom stereocenters. The van der Waals surface area contributed by atoms with Crippen molar-refractivity contribution in [2.24, 2.45) is 10.9 Å². The fourth-order valence-electron chi connectivity index (χ4n) is 4.32. The summed E-state index contributed by atoms with van der Waals surface area (Å²) in [6.07, 6.45) is 3.29. The Labute approximate surface area is 182 Å². The summed E-state index contributed by atoms with van der Waals surface area (Å²) in [5.41, 5.74) is 1.19. The molecular weight excluding hydrogens is 392 g/mol. The Morgan fingerprint density at radius 2 is 2.03 bits per heavy atom. The molecule has 1 aromatic carbocycles. The number of nitrogens with one attached hydrogen (secondary N) is 1. The molecule has 4 rings (SSSR count).